The van der Waals surface area contributed by atoms with Gasteiger partial charge in [0.1, 0.15) is 0 Å². The van der Waals surface area contributed by atoms with Crippen molar-refractivity contribution in [2.45, 2.75) is 45.4 Å². The highest BCUT2D eigenvalue weighted by Gasteiger charge is 2.25. The van der Waals surface area contributed by atoms with Gasteiger partial charge in [0.15, 0.2) is 0 Å². The summed E-state index contributed by atoms with van der Waals surface area (Å²) in [6.07, 6.45) is 8.23. The van der Waals surface area contributed by atoms with E-state index in [0.29, 0.717) is 32.7 Å². The Morgan fingerprint density at radius 2 is 1.35 bits per heavy atom. The van der Waals surface area contributed by atoms with Crippen molar-refractivity contribution in [1.29, 1.82) is 0 Å². The molecule has 6 heteroatoms. The van der Waals surface area contributed by atoms with Crippen LogP contribution in [0.4, 0.5) is 0 Å². The standard InChI is InChI=1S/C20H36N4O2/c1-18(25)23-12-14-24(15-13-23)20(26)17-22-9-5-8-21(10-11-22)16-19-6-3-2-4-7-19/h19H,2-17H2,1H3. The molecule has 148 valence electrons. The normalized spacial score (nSPS) is 24.5. The van der Waals surface area contributed by atoms with E-state index in [1.807, 2.05) is 9.80 Å². The molecule has 0 aromatic carbocycles. The minimum absolute atomic E-state index is 0.114. The first kappa shape index (κ1) is 19.6. The Morgan fingerprint density at radius 1 is 0.731 bits per heavy atom. The molecule has 0 spiro atoms. The van der Waals surface area contributed by atoms with Gasteiger partial charge in [0.25, 0.3) is 0 Å². The fourth-order valence-corrected chi connectivity index (χ4v) is 4.66. The monoisotopic (exact) mass is 364 g/mol. The molecule has 3 rings (SSSR count). The first-order chi connectivity index (χ1) is 12.6. The second-order valence-electron chi connectivity index (χ2n) is 8.32. The molecule has 1 aliphatic carbocycles. The summed E-state index contributed by atoms with van der Waals surface area (Å²) < 4.78 is 0. The highest BCUT2D eigenvalue weighted by molar-refractivity contribution is 5.79. The maximum absolute atomic E-state index is 12.6. The van der Waals surface area contributed by atoms with Crippen molar-refractivity contribution in [1.82, 2.24) is 19.6 Å². The second-order valence-corrected chi connectivity index (χ2v) is 8.32. The van der Waals surface area contributed by atoms with Crippen molar-refractivity contribution >= 4 is 11.8 Å². The molecule has 2 heterocycles. The Balaban J connectivity index is 1.38. The summed E-state index contributed by atoms with van der Waals surface area (Å²) in [6, 6.07) is 0. The first-order valence-corrected chi connectivity index (χ1v) is 10.6. The molecule has 0 radical (unpaired) electrons. The maximum Gasteiger partial charge on any atom is 0.236 e. The van der Waals surface area contributed by atoms with Gasteiger partial charge in [-0.3, -0.25) is 14.5 Å². The van der Waals surface area contributed by atoms with Crippen LogP contribution in [0.1, 0.15) is 45.4 Å². The summed E-state index contributed by atoms with van der Waals surface area (Å²) in [5.74, 6) is 1.24. The van der Waals surface area contributed by atoms with Gasteiger partial charge in [0, 0.05) is 52.7 Å². The minimum Gasteiger partial charge on any atom is -0.339 e. The largest absolute Gasteiger partial charge is 0.339 e. The van der Waals surface area contributed by atoms with Gasteiger partial charge in [0.2, 0.25) is 11.8 Å². The van der Waals surface area contributed by atoms with Crippen LogP contribution in [0.3, 0.4) is 0 Å². The Morgan fingerprint density at radius 3 is 2.04 bits per heavy atom. The molecule has 2 saturated heterocycles. The minimum atomic E-state index is 0.114. The van der Waals surface area contributed by atoms with Crippen LogP contribution in [0.25, 0.3) is 0 Å². The molecule has 3 aliphatic rings. The first-order valence-electron chi connectivity index (χ1n) is 10.6. The third kappa shape index (κ3) is 5.68. The molecule has 0 bridgehead atoms. The van der Waals surface area contributed by atoms with Gasteiger partial charge in [0.05, 0.1) is 6.54 Å². The summed E-state index contributed by atoms with van der Waals surface area (Å²) in [7, 11) is 0. The summed E-state index contributed by atoms with van der Waals surface area (Å²) in [5, 5.41) is 0. The smallest absolute Gasteiger partial charge is 0.236 e. The van der Waals surface area contributed by atoms with E-state index in [9.17, 15) is 9.59 Å². The number of hydrogen-bond acceptors (Lipinski definition) is 4. The third-order valence-electron chi connectivity index (χ3n) is 6.36. The van der Waals surface area contributed by atoms with Gasteiger partial charge < -0.3 is 14.7 Å². The van der Waals surface area contributed by atoms with Crippen molar-refractivity contribution in [3.05, 3.63) is 0 Å². The molecule has 0 N–H and O–H groups in total. The lowest BCUT2D eigenvalue weighted by atomic mass is 9.89. The lowest BCUT2D eigenvalue weighted by molar-refractivity contribution is -0.139. The van der Waals surface area contributed by atoms with Crippen LogP contribution < -0.4 is 0 Å². The van der Waals surface area contributed by atoms with Crippen molar-refractivity contribution in [2.24, 2.45) is 5.92 Å². The molecular weight excluding hydrogens is 328 g/mol. The molecule has 0 atom stereocenters. The van der Waals surface area contributed by atoms with Crippen molar-refractivity contribution < 1.29 is 9.59 Å². The van der Waals surface area contributed by atoms with Gasteiger partial charge in [-0.25, -0.2) is 0 Å². The average Bonchev–Trinajstić information content (AvgIpc) is 2.88. The lowest BCUT2D eigenvalue weighted by Gasteiger charge is -2.35. The topological polar surface area (TPSA) is 47.1 Å². The summed E-state index contributed by atoms with van der Waals surface area (Å²) in [4.78, 5) is 32.8. The van der Waals surface area contributed by atoms with Gasteiger partial charge in [-0.1, -0.05) is 19.3 Å². The van der Waals surface area contributed by atoms with Gasteiger partial charge in [-0.15, -0.1) is 0 Å². The molecule has 0 unspecified atom stereocenters. The maximum atomic E-state index is 12.6. The van der Waals surface area contributed by atoms with Crippen molar-refractivity contribution in [3.63, 3.8) is 0 Å². The SMILES string of the molecule is CC(=O)N1CCN(C(=O)CN2CCCN(CC3CCCCC3)CC2)CC1. The van der Waals surface area contributed by atoms with E-state index in [4.69, 9.17) is 0 Å². The molecule has 2 amide bonds. The number of hydrogen-bond donors (Lipinski definition) is 0. The van der Waals surface area contributed by atoms with Crippen LogP contribution in [0.2, 0.25) is 0 Å². The lowest BCUT2D eigenvalue weighted by Crippen LogP contribution is -2.52. The van der Waals surface area contributed by atoms with Crippen LogP contribution >= 0.6 is 0 Å². The van der Waals surface area contributed by atoms with Crippen LogP contribution in [0.5, 0.6) is 0 Å². The molecule has 26 heavy (non-hydrogen) atoms. The number of piperazine rings is 1. The summed E-state index contributed by atoms with van der Waals surface area (Å²) >= 11 is 0. The van der Waals surface area contributed by atoms with E-state index in [1.54, 1.807) is 6.92 Å². The number of rotatable bonds is 4. The predicted octanol–water partition coefficient (Wildman–Crippen LogP) is 1.27. The van der Waals surface area contributed by atoms with Crippen molar-refractivity contribution in [3.8, 4) is 0 Å². The fourth-order valence-electron chi connectivity index (χ4n) is 4.66. The molecule has 2 aliphatic heterocycles. The van der Waals surface area contributed by atoms with E-state index in [-0.39, 0.29) is 11.8 Å². The number of carbonyl (C=O) groups excluding carboxylic acids is 2. The van der Waals surface area contributed by atoms with Crippen LogP contribution in [0.15, 0.2) is 0 Å². The molecule has 3 fully saturated rings. The van der Waals surface area contributed by atoms with E-state index < -0.39 is 0 Å². The Hall–Kier alpha value is -1.14. The molecule has 0 aromatic heterocycles. The zero-order valence-corrected chi connectivity index (χ0v) is 16.5. The Bertz CT molecular complexity index is 470. The van der Waals surface area contributed by atoms with Crippen molar-refractivity contribution in [2.75, 3.05) is 65.4 Å². The third-order valence-corrected chi connectivity index (χ3v) is 6.36. The van der Waals surface area contributed by atoms with E-state index in [0.717, 1.165) is 32.0 Å². The highest BCUT2D eigenvalue weighted by atomic mass is 16.2. The van der Waals surface area contributed by atoms with Gasteiger partial charge in [-0.05, 0) is 38.3 Å². The van der Waals surface area contributed by atoms with Crippen LogP contribution in [0, 0.1) is 5.92 Å². The zero-order valence-electron chi connectivity index (χ0n) is 16.5. The number of carbonyl (C=O) groups is 2. The van der Waals surface area contributed by atoms with E-state index in [2.05, 4.69) is 9.80 Å². The van der Waals surface area contributed by atoms with Crippen LogP contribution in [-0.4, -0.2) is 96.9 Å². The van der Waals surface area contributed by atoms with Gasteiger partial charge >= 0.3 is 0 Å². The highest BCUT2D eigenvalue weighted by Crippen LogP contribution is 2.24. The summed E-state index contributed by atoms with van der Waals surface area (Å²) in [5.41, 5.74) is 0. The van der Waals surface area contributed by atoms with E-state index >= 15 is 0 Å². The molecule has 0 aromatic rings. The fraction of sp³-hybridized carbons (Fsp3) is 0.900. The van der Waals surface area contributed by atoms with Crippen LogP contribution in [-0.2, 0) is 9.59 Å². The second kappa shape index (κ2) is 9.70. The van der Waals surface area contributed by atoms with Gasteiger partial charge in [-0.2, -0.15) is 0 Å². The zero-order chi connectivity index (χ0) is 18.4. The number of amides is 2. The summed E-state index contributed by atoms with van der Waals surface area (Å²) in [6.45, 7) is 10.4. The molecule has 1 saturated carbocycles. The predicted molar refractivity (Wildman–Crippen MR) is 103 cm³/mol. The average molecular weight is 365 g/mol. The molecule has 6 nitrogen and oxygen atoms in total. The number of nitrogens with zero attached hydrogens (tertiary/aromatic N) is 4. The van der Waals surface area contributed by atoms with E-state index in [1.165, 1.54) is 45.2 Å². The molecular formula is C20H36N4O2. The quantitative estimate of drug-likeness (QED) is 0.754. The Labute approximate surface area is 158 Å². The Kier molecular flexibility index (Phi) is 7.32.